The number of rotatable bonds is 4. The van der Waals surface area contributed by atoms with Crippen molar-refractivity contribution in [2.24, 2.45) is 5.92 Å². The van der Waals surface area contributed by atoms with E-state index < -0.39 is 0 Å². The van der Waals surface area contributed by atoms with E-state index in [0.29, 0.717) is 12.2 Å². The lowest BCUT2D eigenvalue weighted by molar-refractivity contribution is 0.0333. The molecule has 1 aliphatic heterocycles. The van der Waals surface area contributed by atoms with E-state index in [1.807, 2.05) is 7.05 Å². The summed E-state index contributed by atoms with van der Waals surface area (Å²) in [6, 6.07) is 0. The molecule has 2 heteroatoms. The van der Waals surface area contributed by atoms with Gasteiger partial charge in [-0.3, -0.25) is 0 Å². The molecule has 72 valence electrons. The predicted molar refractivity (Wildman–Crippen MR) is 51.3 cm³/mol. The molecule has 2 unspecified atom stereocenters. The van der Waals surface area contributed by atoms with Crippen LogP contribution in [0.15, 0.2) is 0 Å². The van der Waals surface area contributed by atoms with Gasteiger partial charge in [-0.05, 0) is 25.8 Å². The standard InChI is InChI=1S/C10H21NO/c1-4-5-9-6-8(2)10(12-9)7-11-3/h8-11H,4-7H2,1-3H3/t8-,9?,10?/m0/s1. The van der Waals surface area contributed by atoms with E-state index in [1.165, 1.54) is 19.3 Å². The summed E-state index contributed by atoms with van der Waals surface area (Å²) in [5.74, 6) is 0.731. The van der Waals surface area contributed by atoms with E-state index in [1.54, 1.807) is 0 Å². The molecule has 0 aromatic rings. The highest BCUT2D eigenvalue weighted by Gasteiger charge is 2.30. The predicted octanol–water partition coefficient (Wildman–Crippen LogP) is 1.80. The lowest BCUT2D eigenvalue weighted by Crippen LogP contribution is -2.27. The molecule has 2 nitrogen and oxygen atoms in total. The summed E-state index contributed by atoms with van der Waals surface area (Å²) in [5, 5.41) is 3.18. The van der Waals surface area contributed by atoms with Gasteiger partial charge in [0.2, 0.25) is 0 Å². The molecule has 1 rings (SSSR count). The van der Waals surface area contributed by atoms with Crippen LogP contribution in [0.4, 0.5) is 0 Å². The molecule has 0 aliphatic carbocycles. The Bertz CT molecular complexity index is 127. The smallest absolute Gasteiger partial charge is 0.0729 e. The van der Waals surface area contributed by atoms with Crippen molar-refractivity contribution in [2.75, 3.05) is 13.6 Å². The molecule has 1 heterocycles. The van der Waals surface area contributed by atoms with Gasteiger partial charge in [-0.15, -0.1) is 0 Å². The monoisotopic (exact) mass is 171 g/mol. The fourth-order valence-electron chi connectivity index (χ4n) is 1.96. The first-order valence-electron chi connectivity index (χ1n) is 5.08. The number of hydrogen-bond donors (Lipinski definition) is 1. The first kappa shape index (κ1) is 10.0. The molecule has 1 aliphatic rings. The van der Waals surface area contributed by atoms with E-state index in [0.717, 1.165) is 12.5 Å². The summed E-state index contributed by atoms with van der Waals surface area (Å²) in [7, 11) is 1.99. The van der Waals surface area contributed by atoms with E-state index in [9.17, 15) is 0 Å². The van der Waals surface area contributed by atoms with Crippen molar-refractivity contribution in [1.82, 2.24) is 5.32 Å². The van der Waals surface area contributed by atoms with E-state index in [4.69, 9.17) is 4.74 Å². The van der Waals surface area contributed by atoms with Gasteiger partial charge in [0.1, 0.15) is 0 Å². The number of nitrogens with one attached hydrogen (secondary N) is 1. The molecule has 12 heavy (non-hydrogen) atoms. The third-order valence-electron chi connectivity index (χ3n) is 2.65. The second kappa shape index (κ2) is 4.83. The van der Waals surface area contributed by atoms with Gasteiger partial charge in [0, 0.05) is 6.54 Å². The molecule has 0 spiro atoms. The van der Waals surface area contributed by atoms with Crippen molar-refractivity contribution in [3.8, 4) is 0 Å². The second-order valence-corrected chi connectivity index (χ2v) is 3.86. The van der Waals surface area contributed by atoms with Crippen LogP contribution in [0.3, 0.4) is 0 Å². The lowest BCUT2D eigenvalue weighted by Gasteiger charge is -2.14. The Labute approximate surface area is 75.7 Å². The van der Waals surface area contributed by atoms with Crippen LogP contribution < -0.4 is 5.32 Å². The van der Waals surface area contributed by atoms with Crippen molar-refractivity contribution >= 4 is 0 Å². The molecule has 3 atom stereocenters. The third-order valence-corrected chi connectivity index (χ3v) is 2.65. The van der Waals surface area contributed by atoms with E-state index in [-0.39, 0.29) is 0 Å². The van der Waals surface area contributed by atoms with Crippen molar-refractivity contribution < 1.29 is 4.74 Å². The third kappa shape index (κ3) is 2.46. The van der Waals surface area contributed by atoms with Crippen molar-refractivity contribution in [3.63, 3.8) is 0 Å². The van der Waals surface area contributed by atoms with Gasteiger partial charge in [-0.25, -0.2) is 0 Å². The summed E-state index contributed by atoms with van der Waals surface area (Å²) < 4.78 is 5.89. The first-order valence-corrected chi connectivity index (χ1v) is 5.08. The van der Waals surface area contributed by atoms with Crippen LogP contribution in [0.5, 0.6) is 0 Å². The quantitative estimate of drug-likeness (QED) is 0.696. The van der Waals surface area contributed by atoms with Crippen LogP contribution >= 0.6 is 0 Å². The van der Waals surface area contributed by atoms with Gasteiger partial charge in [0.05, 0.1) is 12.2 Å². The summed E-state index contributed by atoms with van der Waals surface area (Å²) >= 11 is 0. The van der Waals surface area contributed by atoms with Gasteiger partial charge in [-0.2, -0.15) is 0 Å². The van der Waals surface area contributed by atoms with Crippen molar-refractivity contribution in [3.05, 3.63) is 0 Å². The molecule has 0 amide bonds. The Morgan fingerprint density at radius 1 is 1.50 bits per heavy atom. The molecule has 0 bridgehead atoms. The maximum Gasteiger partial charge on any atom is 0.0729 e. The minimum atomic E-state index is 0.451. The Hall–Kier alpha value is -0.0800. The van der Waals surface area contributed by atoms with Crippen molar-refractivity contribution in [2.45, 2.75) is 45.3 Å². The highest BCUT2D eigenvalue weighted by Crippen LogP contribution is 2.28. The molecule has 1 N–H and O–H groups in total. The average molecular weight is 171 g/mol. The Balaban J connectivity index is 2.29. The van der Waals surface area contributed by atoms with Gasteiger partial charge < -0.3 is 10.1 Å². The first-order chi connectivity index (χ1) is 5.77. The molecular formula is C10H21NO. The maximum atomic E-state index is 5.89. The number of ether oxygens (including phenoxy) is 1. The summed E-state index contributed by atoms with van der Waals surface area (Å²) in [6.45, 7) is 5.51. The number of likely N-dealkylation sites (N-methyl/N-ethyl adjacent to an activating group) is 1. The molecule has 0 aromatic heterocycles. The van der Waals surface area contributed by atoms with Gasteiger partial charge in [0.25, 0.3) is 0 Å². The van der Waals surface area contributed by atoms with E-state index >= 15 is 0 Å². The van der Waals surface area contributed by atoms with Gasteiger partial charge in [0.15, 0.2) is 0 Å². The SMILES string of the molecule is CCCC1C[C@H](C)C(CNC)O1. The zero-order valence-electron chi connectivity index (χ0n) is 8.47. The zero-order chi connectivity index (χ0) is 8.97. The minimum absolute atomic E-state index is 0.451. The molecule has 1 fully saturated rings. The second-order valence-electron chi connectivity index (χ2n) is 3.86. The summed E-state index contributed by atoms with van der Waals surface area (Å²) in [5.41, 5.74) is 0. The van der Waals surface area contributed by atoms with Crippen LogP contribution in [-0.4, -0.2) is 25.8 Å². The molecular weight excluding hydrogens is 150 g/mol. The lowest BCUT2D eigenvalue weighted by atomic mass is 10.0. The van der Waals surface area contributed by atoms with Crippen LogP contribution in [0.2, 0.25) is 0 Å². The summed E-state index contributed by atoms with van der Waals surface area (Å²) in [4.78, 5) is 0. The average Bonchev–Trinajstić information content (AvgIpc) is 2.34. The topological polar surface area (TPSA) is 21.3 Å². The largest absolute Gasteiger partial charge is 0.373 e. The molecule has 0 saturated carbocycles. The maximum absolute atomic E-state index is 5.89. The van der Waals surface area contributed by atoms with Gasteiger partial charge >= 0.3 is 0 Å². The highest BCUT2D eigenvalue weighted by atomic mass is 16.5. The fraction of sp³-hybridized carbons (Fsp3) is 1.00. The zero-order valence-corrected chi connectivity index (χ0v) is 8.47. The minimum Gasteiger partial charge on any atom is -0.373 e. The van der Waals surface area contributed by atoms with Crippen LogP contribution in [0, 0.1) is 5.92 Å². The normalized spacial score (nSPS) is 35.8. The van der Waals surface area contributed by atoms with Crippen LogP contribution in [0.1, 0.15) is 33.1 Å². The molecule has 1 saturated heterocycles. The van der Waals surface area contributed by atoms with Crippen LogP contribution in [-0.2, 0) is 4.74 Å². The fourth-order valence-corrected chi connectivity index (χ4v) is 1.96. The van der Waals surface area contributed by atoms with E-state index in [2.05, 4.69) is 19.2 Å². The van der Waals surface area contributed by atoms with Gasteiger partial charge in [-0.1, -0.05) is 20.3 Å². The Morgan fingerprint density at radius 3 is 2.83 bits per heavy atom. The summed E-state index contributed by atoms with van der Waals surface area (Å²) in [6.07, 6.45) is 4.70. The number of hydrogen-bond acceptors (Lipinski definition) is 2. The Kier molecular flexibility index (Phi) is 4.02. The molecule has 0 radical (unpaired) electrons. The van der Waals surface area contributed by atoms with Crippen molar-refractivity contribution in [1.29, 1.82) is 0 Å². The Morgan fingerprint density at radius 2 is 2.25 bits per heavy atom. The molecule has 0 aromatic carbocycles. The van der Waals surface area contributed by atoms with Crippen LogP contribution in [0.25, 0.3) is 0 Å². The highest BCUT2D eigenvalue weighted by molar-refractivity contribution is 4.80.